The molecule has 2 heterocycles. The van der Waals surface area contributed by atoms with Gasteiger partial charge < -0.3 is 19.4 Å². The van der Waals surface area contributed by atoms with Crippen molar-refractivity contribution in [3.8, 4) is 11.5 Å². The average molecular weight is 435 g/mol. The van der Waals surface area contributed by atoms with Crippen molar-refractivity contribution in [2.75, 3.05) is 14.2 Å². The monoisotopic (exact) mass is 434 g/mol. The number of hydrogen-bond donors (Lipinski definition) is 1. The van der Waals surface area contributed by atoms with Crippen LogP contribution in [0, 0.1) is 0 Å². The highest BCUT2D eigenvalue weighted by atomic mass is 79.9. The zero-order chi connectivity index (χ0) is 18.3. The topological polar surface area (TPSA) is 52.5 Å². The molecule has 26 heavy (non-hydrogen) atoms. The molecule has 0 unspecified atom stereocenters. The third-order valence-corrected chi connectivity index (χ3v) is 6.03. The minimum atomic E-state index is -0.0121. The van der Waals surface area contributed by atoms with Gasteiger partial charge in [0.25, 0.3) is 5.91 Å². The summed E-state index contributed by atoms with van der Waals surface area (Å²) in [5, 5.41) is 3.09. The summed E-state index contributed by atoms with van der Waals surface area (Å²) in [5.41, 5.74) is 2.75. The summed E-state index contributed by atoms with van der Waals surface area (Å²) >= 11 is 5.18. The van der Waals surface area contributed by atoms with E-state index in [0.29, 0.717) is 18.3 Å². The fraction of sp³-hybridized carbons (Fsp3) is 0.316. The molecule has 0 bridgehead atoms. The molecule has 3 aromatic rings. The predicted octanol–water partition coefficient (Wildman–Crippen LogP) is 4.42. The number of nitrogens with zero attached hydrogens (tertiary/aromatic N) is 1. The van der Waals surface area contributed by atoms with Gasteiger partial charge in [0, 0.05) is 18.7 Å². The Kier molecular flexibility index (Phi) is 4.67. The van der Waals surface area contributed by atoms with Crippen LogP contribution in [0.2, 0.25) is 0 Å². The molecule has 7 heteroatoms. The van der Waals surface area contributed by atoms with E-state index in [-0.39, 0.29) is 5.91 Å². The molecule has 1 aromatic carbocycles. The Morgan fingerprint density at radius 3 is 2.50 bits per heavy atom. The maximum absolute atomic E-state index is 12.7. The van der Waals surface area contributed by atoms with E-state index in [0.717, 1.165) is 43.9 Å². The lowest BCUT2D eigenvalue weighted by atomic mass is 10.2. The molecule has 0 spiro atoms. The first-order valence-corrected chi connectivity index (χ1v) is 9.99. The van der Waals surface area contributed by atoms with Crippen molar-refractivity contribution in [3.63, 3.8) is 0 Å². The highest BCUT2D eigenvalue weighted by Gasteiger charge is 2.26. The van der Waals surface area contributed by atoms with Crippen molar-refractivity contribution in [1.29, 1.82) is 0 Å². The van der Waals surface area contributed by atoms with Crippen LogP contribution in [0.15, 0.2) is 34.1 Å². The van der Waals surface area contributed by atoms with Gasteiger partial charge in [0.1, 0.15) is 17.2 Å². The summed E-state index contributed by atoms with van der Waals surface area (Å²) in [5.74, 6) is 1.46. The third-order valence-electron chi connectivity index (χ3n) is 4.46. The van der Waals surface area contributed by atoms with E-state index >= 15 is 0 Å². The zero-order valence-corrected chi connectivity index (χ0v) is 16.9. The average Bonchev–Trinajstić information content (AvgIpc) is 3.28. The Morgan fingerprint density at radius 2 is 1.88 bits per heavy atom. The van der Waals surface area contributed by atoms with Gasteiger partial charge in [-0.25, -0.2) is 0 Å². The molecule has 1 N–H and O–H groups in total. The van der Waals surface area contributed by atoms with Crippen LogP contribution in [0.1, 0.15) is 28.9 Å². The number of halogens is 1. The molecule has 0 radical (unpaired) electrons. The first kappa shape index (κ1) is 17.4. The number of carbonyl (C=O) groups excluding carboxylic acids is 1. The lowest BCUT2D eigenvalue weighted by molar-refractivity contribution is 0.0942. The molecule has 1 aliphatic carbocycles. The van der Waals surface area contributed by atoms with Crippen molar-refractivity contribution in [3.05, 3.63) is 45.4 Å². The quantitative estimate of drug-likeness (QED) is 0.624. The van der Waals surface area contributed by atoms with E-state index in [1.165, 1.54) is 0 Å². The second kappa shape index (κ2) is 6.96. The fourth-order valence-electron chi connectivity index (χ4n) is 3.00. The van der Waals surface area contributed by atoms with Crippen LogP contribution in [-0.4, -0.2) is 30.7 Å². The van der Waals surface area contributed by atoms with Gasteiger partial charge in [-0.15, -0.1) is 11.3 Å². The number of thiophene rings is 1. The van der Waals surface area contributed by atoms with Gasteiger partial charge in [0.15, 0.2) is 0 Å². The highest BCUT2D eigenvalue weighted by molar-refractivity contribution is 9.11. The van der Waals surface area contributed by atoms with Crippen molar-refractivity contribution in [2.45, 2.75) is 25.4 Å². The number of amides is 1. The fourth-order valence-corrected chi connectivity index (χ4v) is 4.56. The molecule has 136 valence electrons. The first-order valence-electron chi connectivity index (χ1n) is 8.39. The van der Waals surface area contributed by atoms with Crippen molar-refractivity contribution in [1.82, 2.24) is 9.88 Å². The van der Waals surface area contributed by atoms with Gasteiger partial charge in [-0.3, -0.25) is 4.79 Å². The largest absolute Gasteiger partial charge is 0.497 e. The number of aromatic nitrogens is 1. The minimum Gasteiger partial charge on any atom is -0.497 e. The number of rotatable bonds is 6. The number of methoxy groups -OCH3 is 2. The van der Waals surface area contributed by atoms with Crippen LogP contribution in [0.25, 0.3) is 10.2 Å². The van der Waals surface area contributed by atoms with Crippen LogP contribution in [0.5, 0.6) is 11.5 Å². The zero-order valence-electron chi connectivity index (χ0n) is 14.5. The molecule has 1 saturated carbocycles. The van der Waals surface area contributed by atoms with Crippen LogP contribution in [-0.2, 0) is 6.54 Å². The maximum atomic E-state index is 12.7. The van der Waals surface area contributed by atoms with E-state index in [1.807, 2.05) is 24.3 Å². The Labute approximate surface area is 164 Å². The van der Waals surface area contributed by atoms with E-state index in [2.05, 4.69) is 31.9 Å². The summed E-state index contributed by atoms with van der Waals surface area (Å²) < 4.78 is 14.9. The molecule has 0 saturated heterocycles. The summed E-state index contributed by atoms with van der Waals surface area (Å²) in [6, 6.07) is 10.1. The Morgan fingerprint density at radius 1 is 1.19 bits per heavy atom. The molecule has 1 fully saturated rings. The smallest absolute Gasteiger partial charge is 0.268 e. The highest BCUT2D eigenvalue weighted by Crippen LogP contribution is 2.34. The Bertz CT molecular complexity index is 952. The van der Waals surface area contributed by atoms with Crippen LogP contribution < -0.4 is 14.8 Å². The molecular weight excluding hydrogens is 416 g/mol. The van der Waals surface area contributed by atoms with Gasteiger partial charge in [-0.1, -0.05) is 0 Å². The SMILES string of the molecule is COc1cc(Cn2c(C(=O)NC3CC3)cc3sc(Br)cc32)cc(OC)c1. The molecule has 1 amide bonds. The van der Waals surface area contributed by atoms with E-state index in [1.54, 1.807) is 25.6 Å². The van der Waals surface area contributed by atoms with Crippen molar-refractivity contribution >= 4 is 43.4 Å². The Hall–Kier alpha value is -1.99. The number of carbonyl (C=O) groups is 1. The summed E-state index contributed by atoms with van der Waals surface area (Å²) in [6.07, 6.45) is 2.14. The van der Waals surface area contributed by atoms with Crippen LogP contribution >= 0.6 is 27.3 Å². The van der Waals surface area contributed by atoms with Crippen molar-refractivity contribution < 1.29 is 14.3 Å². The van der Waals surface area contributed by atoms with Crippen LogP contribution in [0.3, 0.4) is 0 Å². The molecule has 2 aromatic heterocycles. The summed E-state index contributed by atoms with van der Waals surface area (Å²) in [4.78, 5) is 12.7. The number of benzene rings is 1. The standard InChI is InChI=1S/C19H19BrN2O3S/c1-24-13-5-11(6-14(7-13)25-2)10-22-15-9-18(20)26-17(15)8-16(22)19(23)21-12-3-4-12/h5-9,12H,3-4,10H2,1-2H3,(H,21,23). The molecule has 0 atom stereocenters. The molecule has 0 aliphatic heterocycles. The predicted molar refractivity (Wildman–Crippen MR) is 107 cm³/mol. The molecular formula is C19H19BrN2O3S. The minimum absolute atomic E-state index is 0.0121. The molecule has 4 rings (SSSR count). The molecule has 1 aliphatic rings. The third kappa shape index (κ3) is 3.46. The normalized spacial score (nSPS) is 13.8. The molecule has 5 nitrogen and oxygen atoms in total. The lowest BCUT2D eigenvalue weighted by Crippen LogP contribution is -2.27. The second-order valence-electron chi connectivity index (χ2n) is 6.38. The number of hydrogen-bond acceptors (Lipinski definition) is 4. The maximum Gasteiger partial charge on any atom is 0.268 e. The van der Waals surface area contributed by atoms with Gasteiger partial charge in [0.2, 0.25) is 0 Å². The van der Waals surface area contributed by atoms with Crippen LogP contribution in [0.4, 0.5) is 0 Å². The summed E-state index contributed by atoms with van der Waals surface area (Å²) in [7, 11) is 3.27. The van der Waals surface area contributed by atoms with E-state index in [4.69, 9.17) is 9.47 Å². The number of ether oxygens (including phenoxy) is 2. The Balaban J connectivity index is 1.75. The van der Waals surface area contributed by atoms with Gasteiger partial charge in [0.05, 0.1) is 28.2 Å². The van der Waals surface area contributed by atoms with Gasteiger partial charge in [-0.05, 0) is 58.6 Å². The first-order chi connectivity index (χ1) is 12.6. The van der Waals surface area contributed by atoms with Gasteiger partial charge >= 0.3 is 0 Å². The lowest BCUT2D eigenvalue weighted by Gasteiger charge is -2.13. The van der Waals surface area contributed by atoms with E-state index in [9.17, 15) is 4.79 Å². The number of fused-ring (bicyclic) bond motifs is 1. The number of nitrogens with one attached hydrogen (secondary N) is 1. The van der Waals surface area contributed by atoms with E-state index < -0.39 is 0 Å². The summed E-state index contributed by atoms with van der Waals surface area (Å²) in [6.45, 7) is 0.563. The second-order valence-corrected chi connectivity index (χ2v) is 8.85. The van der Waals surface area contributed by atoms with Crippen molar-refractivity contribution in [2.24, 2.45) is 0 Å². The van der Waals surface area contributed by atoms with Gasteiger partial charge in [-0.2, -0.15) is 0 Å².